The Morgan fingerprint density at radius 2 is 1.69 bits per heavy atom. The third-order valence-corrected chi connectivity index (χ3v) is 4.70. The first-order valence-electron chi connectivity index (χ1n) is 8.98. The lowest BCUT2D eigenvalue weighted by Gasteiger charge is -2.14. The van der Waals surface area contributed by atoms with Crippen LogP contribution >= 0.6 is 11.6 Å². The summed E-state index contributed by atoms with van der Waals surface area (Å²) in [5.74, 6) is 2.42. The van der Waals surface area contributed by atoms with Crippen molar-refractivity contribution in [1.82, 2.24) is 19.7 Å². The first-order valence-corrected chi connectivity index (χ1v) is 9.36. The second-order valence-corrected chi connectivity index (χ2v) is 7.00. The van der Waals surface area contributed by atoms with Crippen molar-refractivity contribution in [2.45, 2.75) is 13.8 Å². The van der Waals surface area contributed by atoms with Crippen molar-refractivity contribution in [2.75, 3.05) is 19.5 Å². The average molecular weight is 410 g/mol. The molecule has 0 spiro atoms. The van der Waals surface area contributed by atoms with Crippen LogP contribution in [0.3, 0.4) is 0 Å². The summed E-state index contributed by atoms with van der Waals surface area (Å²) < 4.78 is 12.5. The van der Waals surface area contributed by atoms with E-state index in [1.165, 1.54) is 0 Å². The van der Waals surface area contributed by atoms with Gasteiger partial charge in [0.2, 0.25) is 0 Å². The lowest BCUT2D eigenvalue weighted by atomic mass is 10.2. The number of aromatic nitrogens is 4. The van der Waals surface area contributed by atoms with Gasteiger partial charge in [0.05, 0.1) is 30.9 Å². The zero-order valence-electron chi connectivity index (χ0n) is 16.5. The Labute approximate surface area is 173 Å². The Kier molecular flexibility index (Phi) is 4.98. The SMILES string of the molecule is COc1ccc(Nc2nc3ccc(Cl)cc3nc2-n2nc(C)cc2C)cc1OC. The van der Waals surface area contributed by atoms with Gasteiger partial charge in [-0.05, 0) is 50.2 Å². The van der Waals surface area contributed by atoms with Crippen LogP contribution in [0.4, 0.5) is 11.5 Å². The van der Waals surface area contributed by atoms with Crippen LogP contribution in [0.2, 0.25) is 5.02 Å². The number of benzene rings is 2. The molecule has 0 saturated heterocycles. The number of hydrogen-bond acceptors (Lipinski definition) is 6. The molecule has 2 heterocycles. The molecule has 0 amide bonds. The lowest BCUT2D eigenvalue weighted by Crippen LogP contribution is -2.09. The van der Waals surface area contributed by atoms with E-state index >= 15 is 0 Å². The van der Waals surface area contributed by atoms with Gasteiger partial charge >= 0.3 is 0 Å². The normalized spacial score (nSPS) is 10.9. The molecule has 29 heavy (non-hydrogen) atoms. The molecule has 0 atom stereocenters. The van der Waals surface area contributed by atoms with Gasteiger partial charge in [-0.25, -0.2) is 14.6 Å². The number of rotatable bonds is 5. The van der Waals surface area contributed by atoms with E-state index in [9.17, 15) is 0 Å². The topological polar surface area (TPSA) is 74.1 Å². The number of nitrogens with zero attached hydrogens (tertiary/aromatic N) is 4. The maximum absolute atomic E-state index is 6.15. The van der Waals surface area contributed by atoms with Gasteiger partial charge in [-0.3, -0.25) is 0 Å². The van der Waals surface area contributed by atoms with Gasteiger partial charge in [0.1, 0.15) is 0 Å². The van der Waals surface area contributed by atoms with Crippen LogP contribution in [-0.2, 0) is 0 Å². The van der Waals surface area contributed by atoms with Gasteiger partial charge in [-0.15, -0.1) is 0 Å². The lowest BCUT2D eigenvalue weighted by molar-refractivity contribution is 0.355. The van der Waals surface area contributed by atoms with Crippen molar-refractivity contribution in [3.63, 3.8) is 0 Å². The number of ether oxygens (including phenoxy) is 2. The van der Waals surface area contributed by atoms with Crippen molar-refractivity contribution in [1.29, 1.82) is 0 Å². The van der Waals surface area contributed by atoms with Gasteiger partial charge < -0.3 is 14.8 Å². The number of aryl methyl sites for hydroxylation is 2. The predicted octanol–water partition coefficient (Wildman–Crippen LogP) is 4.85. The van der Waals surface area contributed by atoms with E-state index in [4.69, 9.17) is 31.0 Å². The molecular weight excluding hydrogens is 390 g/mol. The molecule has 0 saturated carbocycles. The fraction of sp³-hybridized carbons (Fsp3) is 0.190. The van der Waals surface area contributed by atoms with Gasteiger partial charge in [0, 0.05) is 22.5 Å². The minimum Gasteiger partial charge on any atom is -0.493 e. The first kappa shape index (κ1) is 19.0. The molecule has 0 radical (unpaired) electrons. The van der Waals surface area contributed by atoms with Crippen LogP contribution in [-0.4, -0.2) is 34.0 Å². The third-order valence-electron chi connectivity index (χ3n) is 4.46. The monoisotopic (exact) mass is 409 g/mol. The zero-order chi connectivity index (χ0) is 20.5. The highest BCUT2D eigenvalue weighted by molar-refractivity contribution is 6.31. The van der Waals surface area contributed by atoms with Crippen molar-refractivity contribution in [3.05, 3.63) is 58.9 Å². The Balaban J connectivity index is 1.87. The van der Waals surface area contributed by atoms with Crippen molar-refractivity contribution >= 4 is 34.1 Å². The average Bonchev–Trinajstić information content (AvgIpc) is 3.05. The summed E-state index contributed by atoms with van der Waals surface area (Å²) in [5.41, 5.74) is 4.05. The first-order chi connectivity index (χ1) is 14.0. The minimum atomic E-state index is 0.568. The summed E-state index contributed by atoms with van der Waals surface area (Å²) in [4.78, 5) is 9.56. The molecule has 0 fully saturated rings. The van der Waals surface area contributed by atoms with Gasteiger partial charge in [0.15, 0.2) is 23.1 Å². The highest BCUT2D eigenvalue weighted by Gasteiger charge is 2.16. The van der Waals surface area contributed by atoms with Crippen LogP contribution in [0.1, 0.15) is 11.4 Å². The third kappa shape index (κ3) is 3.69. The minimum absolute atomic E-state index is 0.568. The summed E-state index contributed by atoms with van der Waals surface area (Å²) in [7, 11) is 3.20. The standard InChI is InChI=1S/C21H20ClN5O2/c1-12-9-13(2)27(26-12)21-20(24-16-7-5-14(22)10-17(16)25-21)23-15-6-8-18(28-3)19(11-15)29-4/h5-11H,1-4H3,(H,23,24). The molecule has 148 valence electrons. The van der Waals surface area contributed by atoms with E-state index in [1.807, 2.05) is 44.2 Å². The Morgan fingerprint density at radius 3 is 2.38 bits per heavy atom. The molecule has 4 aromatic rings. The number of methoxy groups -OCH3 is 2. The van der Waals surface area contributed by atoms with Crippen molar-refractivity contribution in [3.8, 4) is 17.3 Å². The molecule has 2 aromatic heterocycles. The quantitative estimate of drug-likeness (QED) is 0.508. The summed E-state index contributed by atoms with van der Waals surface area (Å²) in [6, 6.07) is 13.0. The molecule has 7 nitrogen and oxygen atoms in total. The molecule has 1 N–H and O–H groups in total. The molecule has 0 aliphatic carbocycles. The second kappa shape index (κ2) is 7.60. The molecule has 0 bridgehead atoms. The zero-order valence-corrected chi connectivity index (χ0v) is 17.3. The molecule has 0 aliphatic rings. The van der Waals surface area contributed by atoms with Crippen LogP contribution in [0.25, 0.3) is 16.9 Å². The van der Waals surface area contributed by atoms with Gasteiger partial charge in [-0.1, -0.05) is 11.6 Å². The molecule has 0 unspecified atom stereocenters. The summed E-state index contributed by atoms with van der Waals surface area (Å²) >= 11 is 6.15. The molecule has 2 aromatic carbocycles. The maximum atomic E-state index is 6.15. The Morgan fingerprint density at radius 1 is 0.897 bits per heavy atom. The van der Waals surface area contributed by atoms with Crippen molar-refractivity contribution < 1.29 is 9.47 Å². The number of anilines is 2. The van der Waals surface area contributed by atoms with Crippen LogP contribution in [0.5, 0.6) is 11.5 Å². The summed E-state index contributed by atoms with van der Waals surface area (Å²) in [6.07, 6.45) is 0. The number of fused-ring (bicyclic) bond motifs is 1. The van der Waals surface area contributed by atoms with E-state index in [0.29, 0.717) is 33.7 Å². The smallest absolute Gasteiger partial charge is 0.197 e. The summed E-state index contributed by atoms with van der Waals surface area (Å²) in [6.45, 7) is 3.92. The van der Waals surface area contributed by atoms with Crippen LogP contribution < -0.4 is 14.8 Å². The van der Waals surface area contributed by atoms with E-state index < -0.39 is 0 Å². The van der Waals surface area contributed by atoms with Gasteiger partial charge in [0.25, 0.3) is 0 Å². The maximum Gasteiger partial charge on any atom is 0.197 e. The van der Waals surface area contributed by atoms with Gasteiger partial charge in [-0.2, -0.15) is 5.10 Å². The fourth-order valence-electron chi connectivity index (χ4n) is 3.14. The molecule has 0 aliphatic heterocycles. The van der Waals surface area contributed by atoms with E-state index in [2.05, 4.69) is 10.4 Å². The number of halogens is 1. The van der Waals surface area contributed by atoms with E-state index in [1.54, 1.807) is 31.0 Å². The Hall–Kier alpha value is -3.32. The van der Waals surface area contributed by atoms with Crippen LogP contribution in [0.15, 0.2) is 42.5 Å². The highest BCUT2D eigenvalue weighted by atomic mass is 35.5. The number of hydrogen-bond donors (Lipinski definition) is 1. The predicted molar refractivity (Wildman–Crippen MR) is 114 cm³/mol. The van der Waals surface area contributed by atoms with E-state index in [0.717, 1.165) is 22.6 Å². The molecule has 8 heteroatoms. The van der Waals surface area contributed by atoms with Crippen LogP contribution in [0, 0.1) is 13.8 Å². The summed E-state index contributed by atoms with van der Waals surface area (Å²) in [5, 5.41) is 8.51. The van der Waals surface area contributed by atoms with E-state index in [-0.39, 0.29) is 0 Å². The fourth-order valence-corrected chi connectivity index (χ4v) is 3.31. The largest absolute Gasteiger partial charge is 0.493 e. The molecular formula is C21H20ClN5O2. The molecule has 4 rings (SSSR count). The Bertz CT molecular complexity index is 1210. The number of nitrogens with one attached hydrogen (secondary N) is 1. The van der Waals surface area contributed by atoms with Crippen molar-refractivity contribution in [2.24, 2.45) is 0 Å². The second-order valence-electron chi connectivity index (χ2n) is 6.56. The highest BCUT2D eigenvalue weighted by Crippen LogP contribution is 2.32.